The van der Waals surface area contributed by atoms with Crippen LogP contribution >= 0.6 is 0 Å². The maximum atomic E-state index is 12.6. The molecule has 5 heteroatoms. The molecule has 0 saturated carbocycles. The van der Waals surface area contributed by atoms with Gasteiger partial charge in [-0.2, -0.15) is 13.2 Å². The Kier molecular flexibility index (Phi) is 3.78. The van der Waals surface area contributed by atoms with Gasteiger partial charge in [-0.1, -0.05) is 12.8 Å². The maximum absolute atomic E-state index is 12.6. The number of halogens is 3. The average Bonchev–Trinajstić information content (AvgIpc) is 2.25. The SMILES string of the molecule is C#CC(CC)Nc1ncccc1C(F)(F)F. The molecule has 0 aliphatic heterocycles. The molecule has 1 aromatic rings. The molecular weight excluding hydrogens is 217 g/mol. The van der Waals surface area contributed by atoms with Crippen molar-refractivity contribution in [3.05, 3.63) is 23.9 Å². The van der Waals surface area contributed by atoms with E-state index in [0.717, 1.165) is 6.07 Å². The third kappa shape index (κ3) is 2.89. The number of nitrogens with zero attached hydrogens (tertiary/aromatic N) is 1. The fourth-order valence-electron chi connectivity index (χ4n) is 1.18. The minimum absolute atomic E-state index is 0.222. The summed E-state index contributed by atoms with van der Waals surface area (Å²) in [6.07, 6.45) is 2.57. The van der Waals surface area contributed by atoms with Crippen LogP contribution in [0.15, 0.2) is 18.3 Å². The van der Waals surface area contributed by atoms with E-state index >= 15 is 0 Å². The van der Waals surface area contributed by atoms with Gasteiger partial charge in [-0.15, -0.1) is 6.42 Å². The smallest absolute Gasteiger partial charge is 0.356 e. The summed E-state index contributed by atoms with van der Waals surface area (Å²) in [7, 11) is 0. The van der Waals surface area contributed by atoms with E-state index in [-0.39, 0.29) is 5.82 Å². The van der Waals surface area contributed by atoms with Gasteiger partial charge in [-0.25, -0.2) is 4.98 Å². The van der Waals surface area contributed by atoms with Gasteiger partial charge in [0.15, 0.2) is 0 Å². The van der Waals surface area contributed by atoms with Crippen LogP contribution in [-0.4, -0.2) is 11.0 Å². The molecule has 0 spiro atoms. The van der Waals surface area contributed by atoms with Crippen LogP contribution in [-0.2, 0) is 6.18 Å². The van der Waals surface area contributed by atoms with Gasteiger partial charge < -0.3 is 5.32 Å². The van der Waals surface area contributed by atoms with Gasteiger partial charge in [-0.3, -0.25) is 0 Å². The summed E-state index contributed by atoms with van der Waals surface area (Å²) in [4.78, 5) is 3.65. The van der Waals surface area contributed by atoms with Crippen LogP contribution in [0.2, 0.25) is 0 Å². The molecule has 1 rings (SSSR count). The molecule has 0 aliphatic carbocycles. The Morgan fingerprint density at radius 3 is 2.75 bits per heavy atom. The van der Waals surface area contributed by atoms with Gasteiger partial charge in [0.05, 0.1) is 11.6 Å². The largest absolute Gasteiger partial charge is 0.419 e. The Morgan fingerprint density at radius 1 is 1.56 bits per heavy atom. The molecule has 0 amide bonds. The monoisotopic (exact) mass is 228 g/mol. The van der Waals surface area contributed by atoms with E-state index in [9.17, 15) is 13.2 Å². The zero-order chi connectivity index (χ0) is 12.2. The highest BCUT2D eigenvalue weighted by atomic mass is 19.4. The first-order valence-corrected chi connectivity index (χ1v) is 4.74. The Bertz CT molecular complexity index is 393. The van der Waals surface area contributed by atoms with Crippen molar-refractivity contribution in [3.63, 3.8) is 0 Å². The van der Waals surface area contributed by atoms with E-state index in [1.54, 1.807) is 6.92 Å². The number of rotatable bonds is 3. The van der Waals surface area contributed by atoms with Crippen LogP contribution in [0.3, 0.4) is 0 Å². The highest BCUT2D eigenvalue weighted by Crippen LogP contribution is 2.33. The predicted octanol–water partition coefficient (Wildman–Crippen LogP) is 2.92. The Hall–Kier alpha value is -1.70. The van der Waals surface area contributed by atoms with E-state index in [1.165, 1.54) is 12.3 Å². The van der Waals surface area contributed by atoms with Crippen LogP contribution in [0.25, 0.3) is 0 Å². The molecule has 2 nitrogen and oxygen atoms in total. The zero-order valence-corrected chi connectivity index (χ0v) is 8.67. The second-order valence-corrected chi connectivity index (χ2v) is 3.17. The number of nitrogens with one attached hydrogen (secondary N) is 1. The Morgan fingerprint density at radius 2 is 2.25 bits per heavy atom. The van der Waals surface area contributed by atoms with Gasteiger partial charge in [0.1, 0.15) is 5.82 Å². The van der Waals surface area contributed by atoms with Gasteiger partial charge in [0.25, 0.3) is 0 Å². The molecule has 16 heavy (non-hydrogen) atoms. The Labute approximate surface area is 91.9 Å². The molecule has 0 bridgehead atoms. The first-order chi connectivity index (χ1) is 7.49. The number of terminal acetylenes is 1. The van der Waals surface area contributed by atoms with Crippen molar-refractivity contribution in [1.29, 1.82) is 0 Å². The zero-order valence-electron chi connectivity index (χ0n) is 8.67. The first kappa shape index (κ1) is 12.4. The number of aromatic nitrogens is 1. The second-order valence-electron chi connectivity index (χ2n) is 3.17. The lowest BCUT2D eigenvalue weighted by atomic mass is 10.2. The minimum atomic E-state index is -4.43. The maximum Gasteiger partial charge on any atom is 0.419 e. The van der Waals surface area contributed by atoms with Crippen LogP contribution in [0.4, 0.5) is 19.0 Å². The predicted molar refractivity (Wildman–Crippen MR) is 55.8 cm³/mol. The fraction of sp³-hybridized carbons (Fsp3) is 0.364. The van der Waals surface area contributed by atoms with Crippen molar-refractivity contribution in [2.45, 2.75) is 25.6 Å². The summed E-state index contributed by atoms with van der Waals surface area (Å²) in [5, 5.41) is 2.59. The van der Waals surface area contributed by atoms with Crippen LogP contribution < -0.4 is 5.32 Å². The van der Waals surface area contributed by atoms with E-state index in [1.807, 2.05) is 0 Å². The molecule has 0 aliphatic rings. The molecule has 0 aromatic carbocycles. The summed E-state index contributed by atoms with van der Waals surface area (Å²) < 4.78 is 37.7. The quantitative estimate of drug-likeness (QED) is 0.804. The topological polar surface area (TPSA) is 24.9 Å². The van der Waals surface area contributed by atoms with E-state index in [2.05, 4.69) is 16.2 Å². The average molecular weight is 228 g/mol. The number of alkyl halides is 3. The lowest BCUT2D eigenvalue weighted by Crippen LogP contribution is -2.20. The summed E-state index contributed by atoms with van der Waals surface area (Å²) >= 11 is 0. The molecule has 1 atom stereocenters. The summed E-state index contributed by atoms with van der Waals surface area (Å²) in [6, 6.07) is 1.76. The van der Waals surface area contributed by atoms with Gasteiger partial charge in [0, 0.05) is 6.20 Å². The van der Waals surface area contributed by atoms with E-state index in [4.69, 9.17) is 6.42 Å². The lowest BCUT2D eigenvalue weighted by Gasteiger charge is -2.16. The van der Waals surface area contributed by atoms with Crippen LogP contribution in [0, 0.1) is 12.3 Å². The Balaban J connectivity index is 3.01. The lowest BCUT2D eigenvalue weighted by molar-refractivity contribution is -0.137. The number of anilines is 1. The van der Waals surface area contributed by atoms with E-state index in [0.29, 0.717) is 6.42 Å². The molecule has 1 aromatic heterocycles. The summed E-state index contributed by atoms with van der Waals surface area (Å²) in [5.74, 6) is 2.14. The van der Waals surface area contributed by atoms with Crippen molar-refractivity contribution >= 4 is 5.82 Å². The van der Waals surface area contributed by atoms with Gasteiger partial charge in [-0.05, 0) is 18.6 Å². The van der Waals surface area contributed by atoms with Crippen LogP contribution in [0.5, 0.6) is 0 Å². The summed E-state index contributed by atoms with van der Waals surface area (Å²) in [6.45, 7) is 1.79. The number of hydrogen-bond acceptors (Lipinski definition) is 2. The normalized spacial score (nSPS) is 12.9. The highest BCUT2D eigenvalue weighted by molar-refractivity contribution is 5.47. The van der Waals surface area contributed by atoms with Gasteiger partial charge in [0.2, 0.25) is 0 Å². The van der Waals surface area contributed by atoms with Crippen molar-refractivity contribution in [1.82, 2.24) is 4.98 Å². The number of hydrogen-bond donors (Lipinski definition) is 1. The molecule has 1 N–H and O–H groups in total. The molecule has 0 fully saturated rings. The molecule has 1 heterocycles. The minimum Gasteiger partial charge on any atom is -0.356 e. The van der Waals surface area contributed by atoms with Crippen molar-refractivity contribution in [3.8, 4) is 12.3 Å². The standard InChI is InChI=1S/C11H11F3N2/c1-3-8(4-2)16-10-9(11(12,13)14)6-5-7-15-10/h1,5-8H,4H2,2H3,(H,15,16). The van der Waals surface area contributed by atoms with Crippen LogP contribution in [0.1, 0.15) is 18.9 Å². The van der Waals surface area contributed by atoms with Crippen molar-refractivity contribution in [2.75, 3.05) is 5.32 Å². The highest BCUT2D eigenvalue weighted by Gasteiger charge is 2.34. The molecule has 0 radical (unpaired) electrons. The third-order valence-corrected chi connectivity index (χ3v) is 2.03. The third-order valence-electron chi connectivity index (χ3n) is 2.03. The number of pyridine rings is 1. The van der Waals surface area contributed by atoms with Gasteiger partial charge >= 0.3 is 6.18 Å². The second kappa shape index (κ2) is 4.88. The van der Waals surface area contributed by atoms with Crippen molar-refractivity contribution in [2.24, 2.45) is 0 Å². The van der Waals surface area contributed by atoms with E-state index < -0.39 is 17.8 Å². The van der Waals surface area contributed by atoms with Crippen molar-refractivity contribution < 1.29 is 13.2 Å². The molecule has 86 valence electrons. The molecular formula is C11H11F3N2. The first-order valence-electron chi connectivity index (χ1n) is 4.74. The fourth-order valence-corrected chi connectivity index (χ4v) is 1.18. The molecule has 0 saturated heterocycles. The summed E-state index contributed by atoms with van der Waals surface area (Å²) in [5.41, 5.74) is -0.802. The molecule has 1 unspecified atom stereocenters.